The molecule has 0 saturated carbocycles. The van der Waals surface area contributed by atoms with E-state index in [2.05, 4.69) is 23.9 Å². The maximum atomic E-state index is 14.1. The highest BCUT2D eigenvalue weighted by molar-refractivity contribution is 5.97. The van der Waals surface area contributed by atoms with Crippen molar-refractivity contribution >= 4 is 11.5 Å². The molecule has 3 N–H and O–H groups in total. The summed E-state index contributed by atoms with van der Waals surface area (Å²) in [6, 6.07) is 4.69. The summed E-state index contributed by atoms with van der Waals surface area (Å²) in [6.07, 6.45) is 1.07. The minimum atomic E-state index is -0.328. The highest BCUT2D eigenvalue weighted by Gasteiger charge is 2.24. The minimum Gasteiger partial charge on any atom is -0.409 e. The summed E-state index contributed by atoms with van der Waals surface area (Å²) >= 11 is 0. The highest BCUT2D eigenvalue weighted by atomic mass is 19.1. The number of oxime groups is 1. The molecule has 0 amide bonds. The van der Waals surface area contributed by atoms with E-state index in [9.17, 15) is 4.39 Å². The molecule has 1 aromatic carbocycles. The number of nitrogens with two attached hydrogens (primary N) is 1. The van der Waals surface area contributed by atoms with Crippen molar-refractivity contribution in [3.8, 4) is 0 Å². The van der Waals surface area contributed by atoms with Gasteiger partial charge in [0.1, 0.15) is 5.82 Å². The Morgan fingerprint density at radius 2 is 2.16 bits per heavy atom. The Labute approximate surface area is 112 Å². The molecule has 0 radical (unpaired) electrons. The Morgan fingerprint density at radius 1 is 1.42 bits per heavy atom. The zero-order chi connectivity index (χ0) is 14.0. The van der Waals surface area contributed by atoms with E-state index in [0.717, 1.165) is 19.5 Å². The third-order valence-electron chi connectivity index (χ3n) is 4.03. The van der Waals surface area contributed by atoms with Gasteiger partial charge >= 0.3 is 0 Å². The van der Waals surface area contributed by atoms with E-state index in [1.54, 1.807) is 12.1 Å². The van der Waals surface area contributed by atoms with Gasteiger partial charge in [0.15, 0.2) is 5.84 Å². The minimum absolute atomic E-state index is 0.0777. The first-order valence-electron chi connectivity index (χ1n) is 6.55. The van der Waals surface area contributed by atoms with Crippen molar-refractivity contribution in [2.75, 3.05) is 18.0 Å². The van der Waals surface area contributed by atoms with Crippen molar-refractivity contribution in [1.29, 1.82) is 0 Å². The van der Waals surface area contributed by atoms with Gasteiger partial charge in [0.05, 0.1) is 5.69 Å². The molecule has 2 unspecified atom stereocenters. The number of nitrogens with zero attached hydrogens (tertiary/aromatic N) is 2. The van der Waals surface area contributed by atoms with Crippen molar-refractivity contribution < 1.29 is 9.60 Å². The molecule has 1 aliphatic heterocycles. The summed E-state index contributed by atoms with van der Waals surface area (Å²) in [7, 11) is 0. The predicted octanol–water partition coefficient (Wildman–Crippen LogP) is 2.40. The Kier molecular flexibility index (Phi) is 3.93. The average Bonchev–Trinajstić information content (AvgIpc) is 2.41. The number of halogens is 1. The number of hydrogen-bond acceptors (Lipinski definition) is 3. The molecule has 0 aromatic heterocycles. The monoisotopic (exact) mass is 265 g/mol. The van der Waals surface area contributed by atoms with E-state index in [1.807, 2.05) is 0 Å². The molecule has 5 heteroatoms. The van der Waals surface area contributed by atoms with Crippen LogP contribution in [0.1, 0.15) is 25.8 Å². The molecule has 0 aliphatic carbocycles. The lowest BCUT2D eigenvalue weighted by Crippen LogP contribution is -2.38. The van der Waals surface area contributed by atoms with Crippen LogP contribution in [0.25, 0.3) is 0 Å². The number of piperidine rings is 1. The molecule has 19 heavy (non-hydrogen) atoms. The van der Waals surface area contributed by atoms with Crippen LogP contribution in [0.2, 0.25) is 0 Å². The van der Waals surface area contributed by atoms with E-state index in [1.165, 1.54) is 6.07 Å². The van der Waals surface area contributed by atoms with E-state index >= 15 is 0 Å². The van der Waals surface area contributed by atoms with Gasteiger partial charge in [0.2, 0.25) is 0 Å². The van der Waals surface area contributed by atoms with Gasteiger partial charge in [-0.15, -0.1) is 0 Å². The lowest BCUT2D eigenvalue weighted by molar-refractivity contribution is 0.318. The molecular formula is C14H20FN3O. The summed E-state index contributed by atoms with van der Waals surface area (Å²) in [6.45, 7) is 6.16. The second kappa shape index (κ2) is 5.47. The van der Waals surface area contributed by atoms with Crippen LogP contribution in [0.5, 0.6) is 0 Å². The second-order valence-corrected chi connectivity index (χ2v) is 5.34. The third kappa shape index (κ3) is 2.80. The maximum Gasteiger partial charge on any atom is 0.170 e. The van der Waals surface area contributed by atoms with Gasteiger partial charge in [-0.2, -0.15) is 0 Å². The second-order valence-electron chi connectivity index (χ2n) is 5.34. The van der Waals surface area contributed by atoms with Crippen molar-refractivity contribution in [1.82, 2.24) is 0 Å². The van der Waals surface area contributed by atoms with E-state index in [0.29, 0.717) is 23.1 Å². The maximum absolute atomic E-state index is 14.1. The van der Waals surface area contributed by atoms with Crippen LogP contribution in [0.3, 0.4) is 0 Å². The van der Waals surface area contributed by atoms with Crippen molar-refractivity contribution in [3.05, 3.63) is 29.6 Å². The summed E-state index contributed by atoms with van der Waals surface area (Å²) in [5.41, 5.74) is 6.43. The molecule has 4 nitrogen and oxygen atoms in total. The SMILES string of the molecule is CC1CCN(c2ccc(/C(N)=N/O)cc2F)CC1C. The number of anilines is 1. The molecule has 2 rings (SSSR count). The molecule has 1 aromatic rings. The van der Waals surface area contributed by atoms with Gasteiger partial charge in [-0.05, 0) is 36.5 Å². The summed E-state index contributed by atoms with van der Waals surface area (Å²) in [4.78, 5) is 2.07. The smallest absolute Gasteiger partial charge is 0.170 e. The van der Waals surface area contributed by atoms with Crippen molar-refractivity contribution in [2.24, 2.45) is 22.7 Å². The molecule has 1 saturated heterocycles. The summed E-state index contributed by atoms with van der Waals surface area (Å²) in [5.74, 6) is 0.824. The Bertz CT molecular complexity index is 490. The van der Waals surface area contributed by atoms with Crippen LogP contribution in [0.15, 0.2) is 23.4 Å². The fourth-order valence-electron chi connectivity index (χ4n) is 2.46. The van der Waals surface area contributed by atoms with Gasteiger partial charge in [-0.25, -0.2) is 4.39 Å². The number of rotatable bonds is 2. The van der Waals surface area contributed by atoms with E-state index in [4.69, 9.17) is 10.9 Å². The third-order valence-corrected chi connectivity index (χ3v) is 4.03. The standard InChI is InChI=1S/C14H20FN3O/c1-9-5-6-18(8-10(9)2)13-4-3-11(7-12(13)15)14(16)17-19/h3-4,7,9-10,19H,5-6,8H2,1-2H3,(H2,16,17). The molecule has 104 valence electrons. The normalized spacial score (nSPS) is 24.6. The van der Waals surface area contributed by atoms with Gasteiger partial charge in [-0.1, -0.05) is 19.0 Å². The predicted molar refractivity (Wildman–Crippen MR) is 74.1 cm³/mol. The molecule has 1 fully saturated rings. The highest BCUT2D eigenvalue weighted by Crippen LogP contribution is 2.29. The van der Waals surface area contributed by atoms with Crippen LogP contribution in [-0.4, -0.2) is 24.1 Å². The van der Waals surface area contributed by atoms with E-state index in [-0.39, 0.29) is 11.7 Å². The Hall–Kier alpha value is -1.78. The number of benzene rings is 1. The average molecular weight is 265 g/mol. The van der Waals surface area contributed by atoms with Gasteiger partial charge < -0.3 is 15.8 Å². The van der Waals surface area contributed by atoms with Gasteiger partial charge in [0.25, 0.3) is 0 Å². The summed E-state index contributed by atoms with van der Waals surface area (Å²) < 4.78 is 14.1. The Balaban J connectivity index is 2.22. The van der Waals surface area contributed by atoms with Gasteiger partial charge in [0, 0.05) is 18.7 Å². The fourth-order valence-corrected chi connectivity index (χ4v) is 2.46. The van der Waals surface area contributed by atoms with Crippen molar-refractivity contribution in [3.63, 3.8) is 0 Å². The number of amidine groups is 1. The lowest BCUT2D eigenvalue weighted by atomic mass is 9.88. The van der Waals surface area contributed by atoms with Crippen molar-refractivity contribution in [2.45, 2.75) is 20.3 Å². The molecule has 1 heterocycles. The first kappa shape index (κ1) is 13.6. The molecule has 2 atom stereocenters. The number of hydrogen-bond donors (Lipinski definition) is 2. The van der Waals surface area contributed by atoms with E-state index < -0.39 is 0 Å². The first-order valence-corrected chi connectivity index (χ1v) is 6.55. The van der Waals surface area contributed by atoms with Gasteiger partial charge in [-0.3, -0.25) is 0 Å². The molecular weight excluding hydrogens is 245 g/mol. The van der Waals surface area contributed by atoms with Crippen LogP contribution >= 0.6 is 0 Å². The molecule has 0 bridgehead atoms. The first-order chi connectivity index (χ1) is 9.02. The molecule has 1 aliphatic rings. The summed E-state index contributed by atoms with van der Waals surface area (Å²) in [5, 5.41) is 11.5. The lowest BCUT2D eigenvalue weighted by Gasteiger charge is -2.37. The van der Waals surface area contributed by atoms with Crippen LogP contribution in [0.4, 0.5) is 10.1 Å². The van der Waals surface area contributed by atoms with Crippen LogP contribution in [0, 0.1) is 17.7 Å². The largest absolute Gasteiger partial charge is 0.409 e. The topological polar surface area (TPSA) is 61.8 Å². The Morgan fingerprint density at radius 3 is 2.74 bits per heavy atom. The zero-order valence-electron chi connectivity index (χ0n) is 11.3. The van der Waals surface area contributed by atoms with Crippen LogP contribution in [-0.2, 0) is 0 Å². The zero-order valence-corrected chi connectivity index (χ0v) is 11.3. The fraction of sp³-hybridized carbons (Fsp3) is 0.500. The molecule has 0 spiro atoms. The van der Waals surface area contributed by atoms with Crippen LogP contribution < -0.4 is 10.6 Å². The quantitative estimate of drug-likeness (QED) is 0.373.